The number of aromatic nitrogens is 2. The summed E-state index contributed by atoms with van der Waals surface area (Å²) in [6.07, 6.45) is 16.2. The summed E-state index contributed by atoms with van der Waals surface area (Å²) in [4.78, 5) is 8.27. The molecule has 29 heavy (non-hydrogen) atoms. The highest BCUT2D eigenvalue weighted by molar-refractivity contribution is 6.28. The highest BCUT2D eigenvalue weighted by Crippen LogP contribution is 2.49. The number of allylic oxidation sites excluding steroid dienone is 4. The number of halogens is 1. The normalized spacial score (nSPS) is 21.1. The van der Waals surface area contributed by atoms with Gasteiger partial charge in [0.15, 0.2) is 0 Å². The van der Waals surface area contributed by atoms with Gasteiger partial charge in [-0.05, 0) is 94.6 Å². The van der Waals surface area contributed by atoms with Gasteiger partial charge in [0.1, 0.15) is 0 Å². The number of benzene rings is 2. The van der Waals surface area contributed by atoms with E-state index in [-0.39, 0.29) is 5.28 Å². The van der Waals surface area contributed by atoms with Crippen molar-refractivity contribution >= 4 is 27.9 Å². The van der Waals surface area contributed by atoms with Gasteiger partial charge < -0.3 is 0 Å². The van der Waals surface area contributed by atoms with E-state index in [4.69, 9.17) is 11.6 Å². The van der Waals surface area contributed by atoms with Crippen LogP contribution in [-0.2, 0) is 6.42 Å². The number of nitrogens with zero attached hydrogens (tertiary/aromatic N) is 2. The van der Waals surface area contributed by atoms with Crippen LogP contribution in [0.1, 0.15) is 43.2 Å². The van der Waals surface area contributed by atoms with E-state index in [0.29, 0.717) is 0 Å². The Balaban J connectivity index is 1.49. The molecule has 1 aromatic heterocycles. The summed E-state index contributed by atoms with van der Waals surface area (Å²) in [6, 6.07) is 11.4. The molecular weight excluding hydrogens is 376 g/mol. The van der Waals surface area contributed by atoms with Gasteiger partial charge in [-0.15, -0.1) is 0 Å². The van der Waals surface area contributed by atoms with E-state index >= 15 is 0 Å². The number of hydrogen-bond donors (Lipinski definition) is 0. The van der Waals surface area contributed by atoms with Crippen molar-refractivity contribution in [2.45, 2.75) is 38.5 Å². The highest BCUT2D eigenvalue weighted by atomic mass is 35.5. The summed E-state index contributed by atoms with van der Waals surface area (Å²) in [6.45, 7) is 0. The third-order valence-electron chi connectivity index (χ3n) is 7.18. The van der Waals surface area contributed by atoms with Crippen LogP contribution in [0, 0.1) is 11.8 Å². The lowest BCUT2D eigenvalue weighted by molar-refractivity contribution is 0.227. The summed E-state index contributed by atoms with van der Waals surface area (Å²) in [7, 11) is 0. The Morgan fingerprint density at radius 1 is 0.966 bits per heavy atom. The van der Waals surface area contributed by atoms with Crippen LogP contribution in [0.3, 0.4) is 0 Å². The number of fused-ring (bicyclic) bond motifs is 4. The number of rotatable bonds is 2. The minimum atomic E-state index is 0.287. The molecule has 2 nitrogen and oxygen atoms in total. The zero-order chi connectivity index (χ0) is 19.4. The van der Waals surface area contributed by atoms with E-state index in [2.05, 4.69) is 52.5 Å². The molecule has 1 unspecified atom stereocenters. The topological polar surface area (TPSA) is 25.8 Å². The van der Waals surface area contributed by atoms with E-state index in [1.807, 2.05) is 0 Å². The van der Waals surface area contributed by atoms with Crippen molar-refractivity contribution in [1.29, 1.82) is 0 Å². The largest absolute Gasteiger partial charge is 0.226 e. The van der Waals surface area contributed by atoms with Crippen LogP contribution in [0.2, 0.25) is 5.28 Å². The first-order valence-corrected chi connectivity index (χ1v) is 11.1. The van der Waals surface area contributed by atoms with Crippen molar-refractivity contribution < 1.29 is 0 Å². The molecule has 144 valence electrons. The first-order chi connectivity index (χ1) is 14.3. The predicted molar refractivity (Wildman–Crippen MR) is 120 cm³/mol. The summed E-state index contributed by atoms with van der Waals surface area (Å²) >= 11 is 5.85. The molecule has 0 radical (unpaired) electrons. The first-order valence-electron chi connectivity index (χ1n) is 10.7. The van der Waals surface area contributed by atoms with Gasteiger partial charge in [0.05, 0.1) is 0 Å². The average Bonchev–Trinajstić information content (AvgIpc) is 2.72. The molecular formula is C26H23ClN2. The van der Waals surface area contributed by atoms with Gasteiger partial charge in [-0.25, -0.2) is 9.97 Å². The smallest absolute Gasteiger partial charge is 0.222 e. The fourth-order valence-electron chi connectivity index (χ4n) is 5.47. The van der Waals surface area contributed by atoms with Crippen LogP contribution in [0.15, 0.2) is 60.5 Å². The monoisotopic (exact) mass is 398 g/mol. The van der Waals surface area contributed by atoms with Gasteiger partial charge in [-0.1, -0.05) is 48.4 Å². The average molecular weight is 399 g/mol. The van der Waals surface area contributed by atoms with Crippen LogP contribution in [-0.4, -0.2) is 9.97 Å². The van der Waals surface area contributed by atoms with Crippen molar-refractivity contribution in [2.24, 2.45) is 11.8 Å². The van der Waals surface area contributed by atoms with E-state index in [0.717, 1.165) is 23.0 Å². The van der Waals surface area contributed by atoms with Gasteiger partial charge in [-0.3, -0.25) is 0 Å². The molecule has 2 aromatic carbocycles. The maximum absolute atomic E-state index is 5.85. The molecule has 1 atom stereocenters. The quantitative estimate of drug-likeness (QED) is 0.433. The molecule has 3 heteroatoms. The van der Waals surface area contributed by atoms with Crippen molar-refractivity contribution in [3.8, 4) is 11.1 Å². The predicted octanol–water partition coefficient (Wildman–Crippen LogP) is 7.03. The van der Waals surface area contributed by atoms with Gasteiger partial charge in [0.25, 0.3) is 0 Å². The minimum Gasteiger partial charge on any atom is -0.226 e. The molecule has 0 N–H and O–H groups in total. The Hall–Kier alpha value is -2.45. The maximum atomic E-state index is 5.85. The molecule has 1 saturated carbocycles. The standard InChI is InChI=1S/C26H23ClN2/c27-26-28-14-19(15-29-26)17-8-10-20-18(12-17)9-11-23-21-6-1-2-7-22(21)24(13-25(20)23)16-4-3-5-16/h1,6,8-12,14-16,24H,2-5,7,13H2. The molecule has 0 amide bonds. The molecule has 0 aliphatic heterocycles. The zero-order valence-corrected chi connectivity index (χ0v) is 17.1. The Kier molecular flexibility index (Phi) is 4.09. The summed E-state index contributed by atoms with van der Waals surface area (Å²) in [5, 5.41) is 2.98. The first kappa shape index (κ1) is 17.4. The molecule has 0 spiro atoms. The third kappa shape index (κ3) is 2.85. The second-order valence-corrected chi connectivity index (χ2v) is 8.99. The second kappa shape index (κ2) is 6.81. The molecule has 6 rings (SSSR count). The van der Waals surface area contributed by atoms with Crippen molar-refractivity contribution in [2.75, 3.05) is 0 Å². The fourth-order valence-corrected chi connectivity index (χ4v) is 5.57. The lowest BCUT2D eigenvalue weighted by Gasteiger charge is -2.40. The Labute approximate surface area is 176 Å². The Bertz CT molecular complexity index is 1170. The van der Waals surface area contributed by atoms with E-state index in [9.17, 15) is 0 Å². The Morgan fingerprint density at radius 2 is 1.83 bits per heavy atom. The summed E-state index contributed by atoms with van der Waals surface area (Å²) < 4.78 is 0. The molecule has 1 fully saturated rings. The lowest BCUT2D eigenvalue weighted by atomic mass is 9.64. The van der Waals surface area contributed by atoms with Crippen LogP contribution in [0.4, 0.5) is 0 Å². The van der Waals surface area contributed by atoms with E-state index < -0.39 is 0 Å². The lowest BCUT2D eigenvalue weighted by Crippen LogP contribution is -2.29. The maximum Gasteiger partial charge on any atom is 0.222 e. The zero-order valence-electron chi connectivity index (χ0n) is 16.4. The SMILES string of the molecule is Clc1ncc(-c2ccc3c4c(ccc3c2)C2=C(CCC=C2)C(C2CCC2)C4)cn1. The van der Waals surface area contributed by atoms with Crippen molar-refractivity contribution in [1.82, 2.24) is 9.97 Å². The molecule has 0 saturated heterocycles. The van der Waals surface area contributed by atoms with Gasteiger partial charge in [-0.2, -0.15) is 0 Å². The van der Waals surface area contributed by atoms with Gasteiger partial charge in [0.2, 0.25) is 5.28 Å². The summed E-state index contributed by atoms with van der Waals surface area (Å²) in [5.41, 5.74) is 8.40. The minimum absolute atomic E-state index is 0.287. The van der Waals surface area contributed by atoms with Crippen LogP contribution >= 0.6 is 11.6 Å². The van der Waals surface area contributed by atoms with Crippen LogP contribution in [0.5, 0.6) is 0 Å². The van der Waals surface area contributed by atoms with Crippen LogP contribution < -0.4 is 0 Å². The van der Waals surface area contributed by atoms with E-state index in [1.165, 1.54) is 60.4 Å². The highest BCUT2D eigenvalue weighted by Gasteiger charge is 2.35. The van der Waals surface area contributed by atoms with Crippen LogP contribution in [0.25, 0.3) is 27.5 Å². The molecule has 3 aromatic rings. The van der Waals surface area contributed by atoms with Crippen molar-refractivity contribution in [3.63, 3.8) is 0 Å². The molecule has 3 aliphatic rings. The fraction of sp³-hybridized carbons (Fsp3) is 0.308. The van der Waals surface area contributed by atoms with E-state index in [1.54, 1.807) is 23.5 Å². The molecule has 0 bridgehead atoms. The van der Waals surface area contributed by atoms with Gasteiger partial charge >= 0.3 is 0 Å². The number of hydrogen-bond acceptors (Lipinski definition) is 2. The van der Waals surface area contributed by atoms with Gasteiger partial charge in [0, 0.05) is 18.0 Å². The Morgan fingerprint density at radius 3 is 2.62 bits per heavy atom. The van der Waals surface area contributed by atoms with Crippen molar-refractivity contribution in [3.05, 3.63) is 76.9 Å². The summed E-state index contributed by atoms with van der Waals surface area (Å²) in [5.74, 6) is 1.63. The third-order valence-corrected chi connectivity index (χ3v) is 7.37. The molecule has 1 heterocycles. The molecule has 3 aliphatic carbocycles. The second-order valence-electron chi connectivity index (χ2n) is 8.65.